The van der Waals surface area contributed by atoms with Gasteiger partial charge in [-0.1, -0.05) is 42.6 Å². The molecule has 0 fully saturated rings. The molecular weight excluding hydrogens is 252 g/mol. The maximum absolute atomic E-state index is 5.25. The topological polar surface area (TPSA) is 24.4 Å². The fourth-order valence-corrected chi connectivity index (χ4v) is 3.01. The van der Waals surface area contributed by atoms with E-state index in [1.165, 1.54) is 21.6 Å². The fourth-order valence-electron chi connectivity index (χ4n) is 2.80. The van der Waals surface area contributed by atoms with Crippen LogP contribution in [0, 0.1) is 0 Å². The Morgan fingerprint density at radius 2 is 2.16 bits per heavy atom. The van der Waals surface area contributed by atoms with Crippen molar-refractivity contribution in [2.24, 2.45) is 4.99 Å². The van der Waals surface area contributed by atoms with Gasteiger partial charge in [0.05, 0.1) is 11.7 Å². The molecule has 1 aromatic carbocycles. The number of nitrogens with one attached hydrogen (secondary N) is 1. The van der Waals surface area contributed by atoms with Crippen LogP contribution >= 0.6 is 12.2 Å². The van der Waals surface area contributed by atoms with E-state index in [0.717, 1.165) is 17.0 Å². The van der Waals surface area contributed by atoms with E-state index in [-0.39, 0.29) is 6.04 Å². The van der Waals surface area contributed by atoms with Crippen molar-refractivity contribution in [3.05, 3.63) is 58.1 Å². The highest BCUT2D eigenvalue weighted by atomic mass is 32.1. The Bertz CT molecular complexity index is 796. The minimum absolute atomic E-state index is 0.220. The molecule has 1 unspecified atom stereocenters. The van der Waals surface area contributed by atoms with E-state index in [0.29, 0.717) is 0 Å². The molecule has 2 nitrogen and oxygen atoms in total. The standard InChI is InChI=1S/C16H12N2S/c19-12-5-11-6-14-13-4-2-1-3-10(13)8-17-16(14)7-15(11)18-9-12/h1-4,6-9,16-17H,5H2. The maximum Gasteiger partial charge on any atom is 0.0722 e. The molecule has 1 N–H and O–H groups in total. The van der Waals surface area contributed by atoms with Gasteiger partial charge >= 0.3 is 0 Å². The number of rotatable bonds is 0. The average Bonchev–Trinajstić information content (AvgIpc) is 2.45. The number of hydrogen-bond acceptors (Lipinski definition) is 3. The zero-order valence-electron chi connectivity index (χ0n) is 10.3. The van der Waals surface area contributed by atoms with Crippen LogP contribution in [0.1, 0.15) is 6.42 Å². The summed E-state index contributed by atoms with van der Waals surface area (Å²) in [4.78, 5) is 5.35. The summed E-state index contributed by atoms with van der Waals surface area (Å²) >= 11 is 5.25. The molecule has 0 aromatic heterocycles. The molecule has 0 radical (unpaired) electrons. The van der Waals surface area contributed by atoms with Crippen LogP contribution in [-0.2, 0) is 0 Å². The summed E-state index contributed by atoms with van der Waals surface area (Å²) in [6.07, 6.45) is 9.14. The largest absolute Gasteiger partial charge is 0.380 e. The van der Waals surface area contributed by atoms with Gasteiger partial charge in [0.15, 0.2) is 0 Å². The van der Waals surface area contributed by atoms with Gasteiger partial charge in [0, 0.05) is 23.7 Å². The number of fused-ring (bicyclic) bond motifs is 3. The summed E-state index contributed by atoms with van der Waals surface area (Å²) in [6.45, 7) is 0. The Labute approximate surface area is 116 Å². The first-order valence-corrected chi connectivity index (χ1v) is 6.77. The normalized spacial score (nSPS) is 23.3. The first-order chi connectivity index (χ1) is 9.31. The van der Waals surface area contributed by atoms with Crippen molar-refractivity contribution >= 4 is 35.1 Å². The van der Waals surface area contributed by atoms with Crippen LogP contribution in [0.15, 0.2) is 52.7 Å². The molecule has 0 saturated carbocycles. The van der Waals surface area contributed by atoms with Crippen molar-refractivity contribution < 1.29 is 0 Å². The Kier molecular flexibility index (Phi) is 2.29. The Balaban J connectivity index is 1.99. The Morgan fingerprint density at radius 3 is 3.11 bits per heavy atom. The van der Waals surface area contributed by atoms with E-state index < -0.39 is 0 Å². The van der Waals surface area contributed by atoms with Gasteiger partial charge in [0.1, 0.15) is 0 Å². The van der Waals surface area contributed by atoms with Crippen LogP contribution in [-0.4, -0.2) is 17.1 Å². The molecule has 2 heterocycles. The molecule has 1 aromatic rings. The van der Waals surface area contributed by atoms with Crippen molar-refractivity contribution in [1.82, 2.24) is 5.32 Å². The summed E-state index contributed by atoms with van der Waals surface area (Å²) in [7, 11) is 0. The number of allylic oxidation sites excluding steroid dienone is 1. The molecule has 0 amide bonds. The molecule has 4 rings (SSSR count). The molecule has 2 aliphatic heterocycles. The number of benzene rings is 1. The van der Waals surface area contributed by atoms with E-state index in [1.807, 2.05) is 0 Å². The molecule has 1 atom stereocenters. The molecule has 1 aliphatic carbocycles. The summed E-state index contributed by atoms with van der Waals surface area (Å²) < 4.78 is 0. The van der Waals surface area contributed by atoms with Gasteiger partial charge in [-0.05, 0) is 27.7 Å². The molecule has 3 heteroatoms. The lowest BCUT2D eigenvalue weighted by molar-refractivity contribution is 0.860. The third-order valence-electron chi connectivity index (χ3n) is 3.72. The van der Waals surface area contributed by atoms with Gasteiger partial charge in [-0.3, -0.25) is 4.99 Å². The fraction of sp³-hybridized carbons (Fsp3) is 0.125. The van der Waals surface area contributed by atoms with E-state index in [4.69, 9.17) is 12.2 Å². The Morgan fingerprint density at radius 1 is 1.26 bits per heavy atom. The van der Waals surface area contributed by atoms with E-state index in [2.05, 4.69) is 52.9 Å². The maximum atomic E-state index is 5.25. The molecule has 0 spiro atoms. The number of nitrogens with zero attached hydrogens (tertiary/aromatic N) is 1. The number of thiocarbonyl (C=S) groups is 1. The third-order valence-corrected chi connectivity index (χ3v) is 3.97. The molecular formula is C16H12N2S. The predicted octanol–water partition coefficient (Wildman–Crippen LogP) is 1.22. The summed E-state index contributed by atoms with van der Waals surface area (Å²) in [5.74, 6) is 0. The van der Waals surface area contributed by atoms with Gasteiger partial charge in [-0.2, -0.15) is 0 Å². The first kappa shape index (κ1) is 10.9. The van der Waals surface area contributed by atoms with Crippen LogP contribution in [0.5, 0.6) is 0 Å². The van der Waals surface area contributed by atoms with Crippen LogP contribution in [0.4, 0.5) is 0 Å². The highest BCUT2D eigenvalue weighted by molar-refractivity contribution is 7.81. The van der Waals surface area contributed by atoms with E-state index in [9.17, 15) is 0 Å². The van der Waals surface area contributed by atoms with Crippen molar-refractivity contribution in [3.8, 4) is 0 Å². The van der Waals surface area contributed by atoms with Crippen molar-refractivity contribution in [2.75, 3.05) is 0 Å². The zero-order valence-corrected chi connectivity index (χ0v) is 11.1. The minimum atomic E-state index is 0.220. The first-order valence-electron chi connectivity index (χ1n) is 6.36. The zero-order chi connectivity index (χ0) is 12.8. The molecule has 0 saturated heterocycles. The van der Waals surface area contributed by atoms with E-state index in [1.54, 1.807) is 6.21 Å². The van der Waals surface area contributed by atoms with Crippen LogP contribution in [0.25, 0.3) is 11.8 Å². The van der Waals surface area contributed by atoms with Crippen LogP contribution in [0.2, 0.25) is 0 Å². The van der Waals surface area contributed by atoms with Crippen LogP contribution in [0.3, 0.4) is 0 Å². The Hall–Kier alpha value is -2.00. The number of aliphatic imine (C=N–C) groups is 1. The minimum Gasteiger partial charge on any atom is -0.380 e. The van der Waals surface area contributed by atoms with Gasteiger partial charge in [-0.25, -0.2) is 0 Å². The molecule has 3 aliphatic rings. The van der Waals surface area contributed by atoms with Crippen molar-refractivity contribution in [3.63, 3.8) is 0 Å². The predicted molar refractivity (Wildman–Crippen MR) is 82.4 cm³/mol. The highest BCUT2D eigenvalue weighted by Gasteiger charge is 2.23. The second-order valence-electron chi connectivity index (χ2n) is 4.95. The lowest BCUT2D eigenvalue weighted by Crippen LogP contribution is -2.42. The molecule has 0 bridgehead atoms. The quantitative estimate of drug-likeness (QED) is 0.713. The summed E-state index contributed by atoms with van der Waals surface area (Å²) in [5, 5.41) is 5.97. The van der Waals surface area contributed by atoms with Gasteiger partial charge < -0.3 is 5.32 Å². The van der Waals surface area contributed by atoms with Gasteiger partial charge in [0.25, 0.3) is 0 Å². The molecule has 92 valence electrons. The second kappa shape index (κ2) is 4.00. The van der Waals surface area contributed by atoms with Gasteiger partial charge in [-0.15, -0.1) is 0 Å². The lowest BCUT2D eigenvalue weighted by Gasteiger charge is -2.27. The SMILES string of the molecule is S=C1C=NC2=CC3NC=c4ccccc4=C3C=C2C1. The average molecular weight is 264 g/mol. The van der Waals surface area contributed by atoms with Crippen molar-refractivity contribution in [1.29, 1.82) is 0 Å². The van der Waals surface area contributed by atoms with Crippen molar-refractivity contribution in [2.45, 2.75) is 12.5 Å². The van der Waals surface area contributed by atoms with Crippen LogP contribution < -0.4 is 15.8 Å². The third kappa shape index (κ3) is 1.70. The second-order valence-corrected chi connectivity index (χ2v) is 5.48. The van der Waals surface area contributed by atoms with E-state index >= 15 is 0 Å². The number of hydrogen-bond donors (Lipinski definition) is 1. The van der Waals surface area contributed by atoms with Gasteiger partial charge in [0.2, 0.25) is 0 Å². The summed E-state index contributed by atoms with van der Waals surface area (Å²) in [5.41, 5.74) is 3.61. The highest BCUT2D eigenvalue weighted by Crippen LogP contribution is 2.29. The lowest BCUT2D eigenvalue weighted by atomic mass is 9.88. The summed E-state index contributed by atoms with van der Waals surface area (Å²) in [6, 6.07) is 8.68. The molecule has 19 heavy (non-hydrogen) atoms. The smallest absolute Gasteiger partial charge is 0.0722 e. The monoisotopic (exact) mass is 264 g/mol.